The largest absolute Gasteiger partial charge is 0.405 e. The van der Waals surface area contributed by atoms with Crippen LogP contribution < -0.4 is 0 Å². The molecule has 1 unspecified atom stereocenters. The summed E-state index contributed by atoms with van der Waals surface area (Å²) in [6, 6.07) is 0. The van der Waals surface area contributed by atoms with Gasteiger partial charge in [-0.25, -0.2) is 9.24 Å². The van der Waals surface area contributed by atoms with Gasteiger partial charge in [0.2, 0.25) is 0 Å². The molecule has 0 fully saturated rings. The standard InChI is InChI=1S/C55H114NO3P/c1-4-7-10-12-14-16-18-20-22-24-26-28-30-32-34-36-38-40-42-44-46-48-50-53-56(60(57,58)59-55-52-9-6-3)54-51-49-47-45-43-41-39-37-35-33-31-29-27-25-23-21-19-17-15-13-11-8-5-2/h4-55H2,1-3H3,(H,57,58). The molecule has 0 heterocycles. The fourth-order valence-corrected chi connectivity index (χ4v) is 10.5. The Morgan fingerprint density at radius 2 is 0.450 bits per heavy atom. The smallest absolute Gasteiger partial charge is 0.312 e. The van der Waals surface area contributed by atoms with Crippen LogP contribution in [-0.4, -0.2) is 29.3 Å². The van der Waals surface area contributed by atoms with Gasteiger partial charge >= 0.3 is 7.75 Å². The highest BCUT2D eigenvalue weighted by atomic mass is 31.2. The highest BCUT2D eigenvalue weighted by Crippen LogP contribution is 2.47. The first-order valence-corrected chi connectivity index (χ1v) is 29.8. The first-order chi connectivity index (χ1) is 29.6. The Labute approximate surface area is 380 Å². The van der Waals surface area contributed by atoms with E-state index in [1.54, 1.807) is 0 Å². The van der Waals surface area contributed by atoms with Crippen molar-refractivity contribution < 1.29 is 14.0 Å². The van der Waals surface area contributed by atoms with E-state index < -0.39 is 7.75 Å². The van der Waals surface area contributed by atoms with Crippen LogP contribution in [0.4, 0.5) is 0 Å². The van der Waals surface area contributed by atoms with Gasteiger partial charge in [-0.1, -0.05) is 316 Å². The number of hydrogen-bond acceptors (Lipinski definition) is 2. The van der Waals surface area contributed by atoms with E-state index in [1.165, 1.54) is 270 Å². The van der Waals surface area contributed by atoms with Gasteiger partial charge in [-0.05, 0) is 19.3 Å². The molecule has 0 saturated carbocycles. The summed E-state index contributed by atoms with van der Waals surface area (Å²) in [5, 5.41) is 0. The average molecular weight is 868 g/mol. The van der Waals surface area contributed by atoms with Crippen molar-refractivity contribution in [2.24, 2.45) is 0 Å². The SMILES string of the molecule is CCCCCCCCCCCCCCCCCCCCCCCCCN(CCCCCCCCCCCCCCCCCCCCCCCCC)P(=O)(O)OCCCCC. The first kappa shape index (κ1) is 60.1. The van der Waals surface area contributed by atoms with Crippen molar-refractivity contribution >= 4 is 7.75 Å². The zero-order valence-electron chi connectivity index (χ0n) is 41.9. The molecule has 0 radical (unpaired) electrons. The molecule has 5 heteroatoms. The maximum absolute atomic E-state index is 13.2. The van der Waals surface area contributed by atoms with Gasteiger partial charge in [0.05, 0.1) is 6.61 Å². The van der Waals surface area contributed by atoms with Crippen molar-refractivity contribution in [3.05, 3.63) is 0 Å². The van der Waals surface area contributed by atoms with E-state index in [1.807, 2.05) is 4.67 Å². The van der Waals surface area contributed by atoms with Crippen molar-refractivity contribution in [3.8, 4) is 0 Å². The number of hydrogen-bond donors (Lipinski definition) is 1. The van der Waals surface area contributed by atoms with Gasteiger partial charge in [-0.2, -0.15) is 0 Å². The van der Waals surface area contributed by atoms with Gasteiger partial charge in [0.15, 0.2) is 0 Å². The zero-order chi connectivity index (χ0) is 43.6. The Bertz CT molecular complexity index is 774. The molecule has 362 valence electrons. The van der Waals surface area contributed by atoms with E-state index in [2.05, 4.69) is 20.8 Å². The summed E-state index contributed by atoms with van der Waals surface area (Å²) in [4.78, 5) is 10.9. The minimum Gasteiger partial charge on any atom is -0.312 e. The molecule has 0 bridgehead atoms. The monoisotopic (exact) mass is 868 g/mol. The fourth-order valence-electron chi connectivity index (χ4n) is 9.14. The van der Waals surface area contributed by atoms with Gasteiger partial charge < -0.3 is 4.89 Å². The van der Waals surface area contributed by atoms with E-state index >= 15 is 0 Å². The van der Waals surface area contributed by atoms with Crippen molar-refractivity contribution in [2.45, 2.75) is 335 Å². The van der Waals surface area contributed by atoms with Gasteiger partial charge in [0.25, 0.3) is 0 Å². The third-order valence-electron chi connectivity index (χ3n) is 13.4. The summed E-state index contributed by atoms with van der Waals surface area (Å²) in [6.07, 6.45) is 66.9. The number of unbranched alkanes of at least 4 members (excludes halogenated alkanes) is 46. The van der Waals surface area contributed by atoms with Crippen LogP contribution in [0.25, 0.3) is 0 Å². The molecule has 0 saturated heterocycles. The quantitative estimate of drug-likeness (QED) is 0.0489. The second kappa shape index (κ2) is 51.7. The van der Waals surface area contributed by atoms with Gasteiger partial charge in [0, 0.05) is 13.1 Å². The molecule has 0 rings (SSSR count). The summed E-state index contributed by atoms with van der Waals surface area (Å²) in [5.74, 6) is 0. The van der Waals surface area contributed by atoms with Crippen LogP contribution in [0.15, 0.2) is 0 Å². The third kappa shape index (κ3) is 47.6. The molecule has 0 aromatic rings. The fraction of sp³-hybridized carbons (Fsp3) is 1.00. The maximum Gasteiger partial charge on any atom is 0.405 e. The second-order valence-corrected chi connectivity index (χ2v) is 21.3. The van der Waals surface area contributed by atoms with Crippen LogP contribution in [0.5, 0.6) is 0 Å². The molecule has 0 amide bonds. The Morgan fingerprint density at radius 1 is 0.283 bits per heavy atom. The highest BCUT2D eigenvalue weighted by Gasteiger charge is 2.28. The van der Waals surface area contributed by atoms with E-state index in [0.29, 0.717) is 19.7 Å². The lowest BCUT2D eigenvalue weighted by atomic mass is 10.0. The first-order valence-electron chi connectivity index (χ1n) is 28.3. The average Bonchev–Trinajstić information content (AvgIpc) is 3.24. The molecule has 0 aromatic carbocycles. The van der Waals surface area contributed by atoms with Gasteiger partial charge in [0.1, 0.15) is 0 Å². The highest BCUT2D eigenvalue weighted by molar-refractivity contribution is 7.50. The minimum atomic E-state index is -3.71. The van der Waals surface area contributed by atoms with Crippen molar-refractivity contribution in [1.82, 2.24) is 4.67 Å². The summed E-state index contributed by atoms with van der Waals surface area (Å²) < 4.78 is 20.7. The van der Waals surface area contributed by atoms with Crippen LogP contribution in [-0.2, 0) is 9.09 Å². The van der Waals surface area contributed by atoms with E-state index in [0.717, 1.165) is 44.9 Å². The summed E-state index contributed by atoms with van der Waals surface area (Å²) >= 11 is 0. The molecule has 60 heavy (non-hydrogen) atoms. The van der Waals surface area contributed by atoms with E-state index in [-0.39, 0.29) is 0 Å². The molecular formula is C55H114NO3P. The summed E-state index contributed by atoms with van der Waals surface area (Å²) in [5.41, 5.74) is 0. The van der Waals surface area contributed by atoms with Crippen molar-refractivity contribution in [1.29, 1.82) is 0 Å². The topological polar surface area (TPSA) is 49.8 Å². The molecule has 1 atom stereocenters. The second-order valence-electron chi connectivity index (χ2n) is 19.5. The maximum atomic E-state index is 13.2. The summed E-state index contributed by atoms with van der Waals surface area (Å²) in [6.45, 7) is 8.55. The molecule has 0 aliphatic rings. The Hall–Kier alpha value is 0.110. The molecule has 1 N–H and O–H groups in total. The molecule has 4 nitrogen and oxygen atoms in total. The zero-order valence-corrected chi connectivity index (χ0v) is 42.8. The van der Waals surface area contributed by atoms with E-state index in [4.69, 9.17) is 4.52 Å². The Morgan fingerprint density at radius 3 is 0.650 bits per heavy atom. The predicted molar refractivity (Wildman–Crippen MR) is 271 cm³/mol. The lowest BCUT2D eigenvalue weighted by Crippen LogP contribution is -2.24. The van der Waals surface area contributed by atoms with E-state index in [9.17, 15) is 9.46 Å². The van der Waals surface area contributed by atoms with Crippen LogP contribution in [0, 0.1) is 0 Å². The Kier molecular flexibility index (Phi) is 51.8. The number of nitrogens with zero attached hydrogens (tertiary/aromatic N) is 1. The van der Waals surface area contributed by atoms with Crippen molar-refractivity contribution in [2.75, 3.05) is 19.7 Å². The van der Waals surface area contributed by atoms with Gasteiger partial charge in [-0.15, -0.1) is 0 Å². The number of rotatable bonds is 54. The lowest BCUT2D eigenvalue weighted by Gasteiger charge is -2.26. The Balaban J connectivity index is 3.77. The molecule has 0 aliphatic heterocycles. The molecule has 0 aliphatic carbocycles. The van der Waals surface area contributed by atoms with Crippen LogP contribution in [0.2, 0.25) is 0 Å². The molecular weight excluding hydrogens is 754 g/mol. The van der Waals surface area contributed by atoms with Crippen molar-refractivity contribution in [3.63, 3.8) is 0 Å². The predicted octanol–water partition coefficient (Wildman–Crippen LogP) is 20.6. The van der Waals surface area contributed by atoms with Crippen LogP contribution in [0.1, 0.15) is 335 Å². The van der Waals surface area contributed by atoms with Crippen LogP contribution in [0.3, 0.4) is 0 Å². The van der Waals surface area contributed by atoms with Gasteiger partial charge in [-0.3, -0.25) is 4.52 Å². The lowest BCUT2D eigenvalue weighted by molar-refractivity contribution is 0.194. The van der Waals surface area contributed by atoms with Crippen LogP contribution >= 0.6 is 7.75 Å². The minimum absolute atomic E-state index is 0.400. The normalized spacial score (nSPS) is 12.9. The molecule has 0 spiro atoms. The summed E-state index contributed by atoms with van der Waals surface area (Å²) in [7, 11) is -3.71. The third-order valence-corrected chi connectivity index (χ3v) is 15.0. The molecule has 0 aromatic heterocycles.